The second-order valence-corrected chi connectivity index (χ2v) is 6.40. The lowest BCUT2D eigenvalue weighted by atomic mass is 9.99. The number of guanidine groups is 1. The lowest BCUT2D eigenvalue weighted by Gasteiger charge is -2.30. The molecule has 0 amide bonds. The quantitative estimate of drug-likeness (QED) is 0.620. The van der Waals surface area contributed by atoms with Crippen molar-refractivity contribution in [1.82, 2.24) is 20.5 Å². The van der Waals surface area contributed by atoms with Gasteiger partial charge in [-0.25, -0.2) is 9.98 Å². The SMILES string of the molecule is CCNC(=NCc1nc(C)c(C)o1)NCCN1CCC(C)CC1. The van der Waals surface area contributed by atoms with E-state index < -0.39 is 0 Å². The molecule has 1 aromatic heterocycles. The van der Waals surface area contributed by atoms with Crippen molar-refractivity contribution >= 4 is 5.96 Å². The maximum atomic E-state index is 5.57. The third kappa shape index (κ3) is 5.86. The fourth-order valence-electron chi connectivity index (χ4n) is 2.71. The molecule has 2 heterocycles. The summed E-state index contributed by atoms with van der Waals surface area (Å²) in [6.07, 6.45) is 2.63. The third-order valence-electron chi connectivity index (χ3n) is 4.39. The van der Waals surface area contributed by atoms with Crippen LogP contribution in [-0.2, 0) is 6.54 Å². The standard InChI is InChI=1S/C17H31N5O/c1-5-18-17(20-12-16-21-14(3)15(4)23-16)19-8-11-22-9-6-13(2)7-10-22/h13H,5-12H2,1-4H3,(H2,18,19,20). The maximum absolute atomic E-state index is 5.57. The molecule has 23 heavy (non-hydrogen) atoms. The van der Waals surface area contributed by atoms with Crippen molar-refractivity contribution in [3.63, 3.8) is 0 Å². The van der Waals surface area contributed by atoms with Gasteiger partial charge in [0.1, 0.15) is 12.3 Å². The van der Waals surface area contributed by atoms with Crippen LogP contribution < -0.4 is 10.6 Å². The molecule has 0 bridgehead atoms. The fourth-order valence-corrected chi connectivity index (χ4v) is 2.71. The number of rotatable bonds is 6. The molecule has 1 aliphatic rings. The summed E-state index contributed by atoms with van der Waals surface area (Å²) in [5.74, 6) is 3.24. The first-order chi connectivity index (χ1) is 11.1. The third-order valence-corrected chi connectivity index (χ3v) is 4.39. The fraction of sp³-hybridized carbons (Fsp3) is 0.765. The van der Waals surface area contributed by atoms with Gasteiger partial charge in [0.15, 0.2) is 5.96 Å². The molecule has 0 unspecified atom stereocenters. The van der Waals surface area contributed by atoms with Crippen molar-refractivity contribution < 1.29 is 4.42 Å². The van der Waals surface area contributed by atoms with Gasteiger partial charge in [-0.3, -0.25) is 0 Å². The summed E-state index contributed by atoms with van der Waals surface area (Å²) in [5.41, 5.74) is 0.937. The van der Waals surface area contributed by atoms with Crippen molar-refractivity contribution in [3.05, 3.63) is 17.3 Å². The molecule has 0 radical (unpaired) electrons. The molecular formula is C17H31N5O. The van der Waals surface area contributed by atoms with E-state index in [-0.39, 0.29) is 0 Å². The number of aliphatic imine (C=N–C) groups is 1. The number of piperidine rings is 1. The van der Waals surface area contributed by atoms with Gasteiger partial charge in [-0.1, -0.05) is 6.92 Å². The van der Waals surface area contributed by atoms with Crippen molar-refractivity contribution in [3.8, 4) is 0 Å². The minimum Gasteiger partial charge on any atom is -0.444 e. The highest BCUT2D eigenvalue weighted by Gasteiger charge is 2.15. The number of nitrogens with one attached hydrogen (secondary N) is 2. The minimum absolute atomic E-state index is 0.464. The average Bonchev–Trinajstić information content (AvgIpc) is 2.85. The molecule has 0 aromatic carbocycles. The van der Waals surface area contributed by atoms with Gasteiger partial charge in [0, 0.05) is 19.6 Å². The molecule has 0 spiro atoms. The predicted octanol–water partition coefficient (Wildman–Crippen LogP) is 2.08. The van der Waals surface area contributed by atoms with E-state index >= 15 is 0 Å². The van der Waals surface area contributed by atoms with Gasteiger partial charge in [0.25, 0.3) is 0 Å². The highest BCUT2D eigenvalue weighted by molar-refractivity contribution is 5.79. The molecule has 1 aliphatic heterocycles. The summed E-state index contributed by atoms with van der Waals surface area (Å²) in [5, 5.41) is 6.67. The van der Waals surface area contributed by atoms with Crippen LogP contribution in [-0.4, -0.2) is 48.6 Å². The Hall–Kier alpha value is -1.56. The van der Waals surface area contributed by atoms with Gasteiger partial charge in [-0.2, -0.15) is 0 Å². The zero-order valence-corrected chi connectivity index (χ0v) is 15.0. The van der Waals surface area contributed by atoms with Gasteiger partial charge in [-0.15, -0.1) is 0 Å². The molecule has 1 saturated heterocycles. The summed E-state index contributed by atoms with van der Waals surface area (Å²) in [7, 11) is 0. The summed E-state index contributed by atoms with van der Waals surface area (Å²) in [4.78, 5) is 11.4. The van der Waals surface area contributed by atoms with Crippen molar-refractivity contribution in [2.75, 3.05) is 32.7 Å². The molecule has 1 fully saturated rings. The van der Waals surface area contributed by atoms with Crippen LogP contribution in [0.2, 0.25) is 0 Å². The van der Waals surface area contributed by atoms with E-state index in [1.165, 1.54) is 25.9 Å². The Morgan fingerprint density at radius 1 is 1.30 bits per heavy atom. The molecule has 130 valence electrons. The number of likely N-dealkylation sites (tertiary alicyclic amines) is 1. The summed E-state index contributed by atoms with van der Waals surface area (Å²) >= 11 is 0. The van der Waals surface area contributed by atoms with E-state index in [1.54, 1.807) is 0 Å². The Bertz CT molecular complexity index is 484. The Kier molecular flexibility index (Phi) is 6.89. The first kappa shape index (κ1) is 17.8. The van der Waals surface area contributed by atoms with Crippen LogP contribution in [0, 0.1) is 19.8 Å². The van der Waals surface area contributed by atoms with Crippen LogP contribution in [0.3, 0.4) is 0 Å². The maximum Gasteiger partial charge on any atom is 0.216 e. The Morgan fingerprint density at radius 3 is 2.65 bits per heavy atom. The topological polar surface area (TPSA) is 65.7 Å². The van der Waals surface area contributed by atoms with E-state index in [0.29, 0.717) is 12.4 Å². The Morgan fingerprint density at radius 2 is 2.04 bits per heavy atom. The monoisotopic (exact) mass is 321 g/mol. The van der Waals surface area contributed by atoms with E-state index in [2.05, 4.69) is 39.4 Å². The smallest absolute Gasteiger partial charge is 0.216 e. The Labute approximate surface area is 139 Å². The van der Waals surface area contributed by atoms with Crippen LogP contribution >= 0.6 is 0 Å². The highest BCUT2D eigenvalue weighted by Crippen LogP contribution is 2.15. The van der Waals surface area contributed by atoms with Gasteiger partial charge >= 0.3 is 0 Å². The number of aromatic nitrogens is 1. The van der Waals surface area contributed by atoms with Crippen LogP contribution in [0.15, 0.2) is 9.41 Å². The molecular weight excluding hydrogens is 290 g/mol. The first-order valence-corrected chi connectivity index (χ1v) is 8.76. The zero-order valence-electron chi connectivity index (χ0n) is 15.0. The van der Waals surface area contributed by atoms with Gasteiger partial charge < -0.3 is 20.0 Å². The second-order valence-electron chi connectivity index (χ2n) is 6.40. The van der Waals surface area contributed by atoms with Crippen molar-refractivity contribution in [1.29, 1.82) is 0 Å². The van der Waals surface area contributed by atoms with Crippen LogP contribution in [0.4, 0.5) is 0 Å². The number of aryl methyl sites for hydroxylation is 2. The first-order valence-electron chi connectivity index (χ1n) is 8.76. The average molecular weight is 321 g/mol. The van der Waals surface area contributed by atoms with E-state index in [0.717, 1.165) is 43.0 Å². The molecule has 0 atom stereocenters. The molecule has 2 rings (SSSR count). The summed E-state index contributed by atoms with van der Waals surface area (Å²) in [6.45, 7) is 14.0. The van der Waals surface area contributed by atoms with Gasteiger partial charge in [-0.05, 0) is 52.6 Å². The van der Waals surface area contributed by atoms with Crippen LogP contribution in [0.1, 0.15) is 44.0 Å². The number of hydrogen-bond donors (Lipinski definition) is 2. The summed E-state index contributed by atoms with van der Waals surface area (Å²) < 4.78 is 5.57. The van der Waals surface area contributed by atoms with Crippen LogP contribution in [0.25, 0.3) is 0 Å². The molecule has 2 N–H and O–H groups in total. The number of nitrogens with zero attached hydrogens (tertiary/aromatic N) is 3. The lowest BCUT2D eigenvalue weighted by molar-refractivity contribution is 0.195. The largest absolute Gasteiger partial charge is 0.444 e. The van der Waals surface area contributed by atoms with Crippen molar-refractivity contribution in [2.24, 2.45) is 10.9 Å². The lowest BCUT2D eigenvalue weighted by Crippen LogP contribution is -2.43. The highest BCUT2D eigenvalue weighted by atomic mass is 16.4. The normalized spacial score (nSPS) is 17.5. The summed E-state index contributed by atoms with van der Waals surface area (Å²) in [6, 6.07) is 0. The van der Waals surface area contributed by atoms with E-state index in [4.69, 9.17) is 4.42 Å². The molecule has 1 aromatic rings. The molecule has 0 aliphatic carbocycles. The van der Waals surface area contributed by atoms with E-state index in [9.17, 15) is 0 Å². The number of hydrogen-bond acceptors (Lipinski definition) is 4. The molecule has 0 saturated carbocycles. The second kappa shape index (κ2) is 8.91. The molecule has 6 heteroatoms. The molecule has 6 nitrogen and oxygen atoms in total. The van der Waals surface area contributed by atoms with Crippen molar-refractivity contribution in [2.45, 2.75) is 47.1 Å². The van der Waals surface area contributed by atoms with E-state index in [1.807, 2.05) is 13.8 Å². The Balaban J connectivity index is 1.77. The van der Waals surface area contributed by atoms with Gasteiger partial charge in [0.2, 0.25) is 5.89 Å². The minimum atomic E-state index is 0.464. The number of oxazole rings is 1. The van der Waals surface area contributed by atoms with Crippen LogP contribution in [0.5, 0.6) is 0 Å². The van der Waals surface area contributed by atoms with Gasteiger partial charge in [0.05, 0.1) is 5.69 Å². The predicted molar refractivity (Wildman–Crippen MR) is 93.6 cm³/mol. The zero-order chi connectivity index (χ0) is 16.7.